The van der Waals surface area contributed by atoms with Gasteiger partial charge in [0, 0.05) is 25.5 Å². The lowest BCUT2D eigenvalue weighted by atomic mass is 10.3. The van der Waals surface area contributed by atoms with Gasteiger partial charge in [-0.25, -0.2) is 0 Å². The predicted molar refractivity (Wildman–Crippen MR) is 66.7 cm³/mol. The Kier molecular flexibility index (Phi) is 4.44. The lowest BCUT2D eigenvalue weighted by Gasteiger charge is -2.19. The van der Waals surface area contributed by atoms with Crippen LogP contribution in [0.3, 0.4) is 0 Å². The van der Waals surface area contributed by atoms with Crippen LogP contribution in [0.1, 0.15) is 17.1 Å². The Labute approximate surface area is 106 Å². The SMILES string of the molecule is Cc1cnc(CN(CCO)Cc2ccco2)cn1. The molecule has 0 saturated carbocycles. The van der Waals surface area contributed by atoms with Crippen LogP contribution in [0, 0.1) is 6.92 Å². The zero-order valence-corrected chi connectivity index (χ0v) is 10.4. The van der Waals surface area contributed by atoms with Crippen LogP contribution in [0.4, 0.5) is 0 Å². The van der Waals surface area contributed by atoms with Gasteiger partial charge in [0.1, 0.15) is 5.76 Å². The summed E-state index contributed by atoms with van der Waals surface area (Å²) in [5.41, 5.74) is 1.79. The Hall–Kier alpha value is -1.72. The van der Waals surface area contributed by atoms with Crippen molar-refractivity contribution in [3.8, 4) is 0 Å². The largest absolute Gasteiger partial charge is 0.468 e. The molecule has 0 amide bonds. The molecular formula is C13H17N3O2. The molecule has 0 aliphatic carbocycles. The number of hydrogen-bond donors (Lipinski definition) is 1. The summed E-state index contributed by atoms with van der Waals surface area (Å²) in [7, 11) is 0. The van der Waals surface area contributed by atoms with Crippen molar-refractivity contribution >= 4 is 0 Å². The summed E-state index contributed by atoms with van der Waals surface area (Å²) in [6, 6.07) is 3.78. The first kappa shape index (κ1) is 12.7. The summed E-state index contributed by atoms with van der Waals surface area (Å²) in [5, 5.41) is 9.08. The number of aliphatic hydroxyl groups excluding tert-OH is 1. The van der Waals surface area contributed by atoms with Crippen molar-refractivity contribution in [2.24, 2.45) is 0 Å². The van der Waals surface area contributed by atoms with Gasteiger partial charge in [-0.15, -0.1) is 0 Å². The normalized spacial score (nSPS) is 11.1. The molecular weight excluding hydrogens is 230 g/mol. The van der Waals surface area contributed by atoms with Crippen LogP contribution in [0.5, 0.6) is 0 Å². The molecule has 0 aliphatic heterocycles. The number of aromatic nitrogens is 2. The van der Waals surface area contributed by atoms with Crippen LogP contribution < -0.4 is 0 Å². The Morgan fingerprint density at radius 3 is 2.78 bits per heavy atom. The maximum absolute atomic E-state index is 9.08. The van der Waals surface area contributed by atoms with E-state index in [1.807, 2.05) is 19.1 Å². The van der Waals surface area contributed by atoms with E-state index in [2.05, 4.69) is 14.9 Å². The van der Waals surface area contributed by atoms with Gasteiger partial charge in [-0.3, -0.25) is 14.9 Å². The highest BCUT2D eigenvalue weighted by molar-refractivity contribution is 5.02. The van der Waals surface area contributed by atoms with E-state index in [0.29, 0.717) is 19.6 Å². The van der Waals surface area contributed by atoms with Gasteiger partial charge in [0.05, 0.1) is 30.8 Å². The third-order valence-electron chi connectivity index (χ3n) is 2.60. The van der Waals surface area contributed by atoms with E-state index in [1.54, 1.807) is 18.7 Å². The number of rotatable bonds is 6. The minimum absolute atomic E-state index is 0.111. The third-order valence-corrected chi connectivity index (χ3v) is 2.60. The monoisotopic (exact) mass is 247 g/mol. The molecule has 96 valence electrons. The Morgan fingerprint density at radius 1 is 1.28 bits per heavy atom. The van der Waals surface area contributed by atoms with E-state index in [-0.39, 0.29) is 6.61 Å². The van der Waals surface area contributed by atoms with E-state index in [0.717, 1.165) is 17.1 Å². The van der Waals surface area contributed by atoms with E-state index >= 15 is 0 Å². The summed E-state index contributed by atoms with van der Waals surface area (Å²) in [6.07, 6.45) is 5.17. The lowest BCUT2D eigenvalue weighted by molar-refractivity contribution is 0.173. The fraction of sp³-hybridized carbons (Fsp3) is 0.385. The molecule has 2 aromatic heterocycles. The molecule has 0 saturated heterocycles. The van der Waals surface area contributed by atoms with Gasteiger partial charge in [-0.2, -0.15) is 0 Å². The minimum Gasteiger partial charge on any atom is -0.468 e. The molecule has 2 aromatic rings. The number of nitrogens with zero attached hydrogens (tertiary/aromatic N) is 3. The van der Waals surface area contributed by atoms with Crippen LogP contribution >= 0.6 is 0 Å². The molecule has 5 nitrogen and oxygen atoms in total. The smallest absolute Gasteiger partial charge is 0.117 e. The van der Waals surface area contributed by atoms with E-state index in [9.17, 15) is 0 Å². The highest BCUT2D eigenvalue weighted by atomic mass is 16.3. The van der Waals surface area contributed by atoms with Gasteiger partial charge >= 0.3 is 0 Å². The van der Waals surface area contributed by atoms with Crippen molar-refractivity contribution in [1.82, 2.24) is 14.9 Å². The van der Waals surface area contributed by atoms with E-state index < -0.39 is 0 Å². The Balaban J connectivity index is 1.99. The first-order chi connectivity index (χ1) is 8.78. The standard InChI is InChI=1S/C13H17N3O2/c1-11-7-15-12(8-14-11)9-16(4-5-17)10-13-3-2-6-18-13/h2-3,6-8,17H,4-5,9-10H2,1H3. The number of furan rings is 1. The molecule has 0 atom stereocenters. The summed E-state index contributed by atoms with van der Waals surface area (Å²) in [5.74, 6) is 0.878. The van der Waals surface area contributed by atoms with E-state index in [4.69, 9.17) is 9.52 Å². The van der Waals surface area contributed by atoms with Crippen molar-refractivity contribution in [3.05, 3.63) is 47.9 Å². The molecule has 0 unspecified atom stereocenters. The highest BCUT2D eigenvalue weighted by Gasteiger charge is 2.09. The fourth-order valence-corrected chi connectivity index (χ4v) is 1.71. The van der Waals surface area contributed by atoms with Crippen molar-refractivity contribution in [1.29, 1.82) is 0 Å². The average molecular weight is 247 g/mol. The van der Waals surface area contributed by atoms with Crippen molar-refractivity contribution < 1.29 is 9.52 Å². The summed E-state index contributed by atoms with van der Waals surface area (Å²) < 4.78 is 5.31. The molecule has 2 heterocycles. The van der Waals surface area contributed by atoms with Gasteiger partial charge in [0.25, 0.3) is 0 Å². The van der Waals surface area contributed by atoms with Crippen LogP contribution in [-0.2, 0) is 13.1 Å². The number of aryl methyl sites for hydroxylation is 1. The first-order valence-electron chi connectivity index (χ1n) is 5.91. The Morgan fingerprint density at radius 2 is 2.17 bits per heavy atom. The van der Waals surface area contributed by atoms with Crippen LogP contribution in [0.2, 0.25) is 0 Å². The molecule has 0 aliphatic rings. The van der Waals surface area contributed by atoms with Crippen LogP contribution in [0.25, 0.3) is 0 Å². The minimum atomic E-state index is 0.111. The summed E-state index contributed by atoms with van der Waals surface area (Å²) >= 11 is 0. The number of aliphatic hydroxyl groups is 1. The molecule has 5 heteroatoms. The maximum atomic E-state index is 9.08. The molecule has 18 heavy (non-hydrogen) atoms. The van der Waals surface area contributed by atoms with Crippen molar-refractivity contribution in [3.63, 3.8) is 0 Å². The molecule has 0 bridgehead atoms. The summed E-state index contributed by atoms with van der Waals surface area (Å²) in [6.45, 7) is 3.90. The van der Waals surface area contributed by atoms with Gasteiger partial charge in [-0.1, -0.05) is 0 Å². The van der Waals surface area contributed by atoms with Crippen LogP contribution in [0.15, 0.2) is 35.2 Å². The molecule has 0 fully saturated rings. The topological polar surface area (TPSA) is 62.4 Å². The van der Waals surface area contributed by atoms with Gasteiger partial charge in [0.15, 0.2) is 0 Å². The Bertz CT molecular complexity index is 454. The third kappa shape index (κ3) is 3.65. The van der Waals surface area contributed by atoms with Crippen molar-refractivity contribution in [2.75, 3.05) is 13.2 Å². The molecule has 0 spiro atoms. The van der Waals surface area contributed by atoms with E-state index in [1.165, 1.54) is 0 Å². The maximum Gasteiger partial charge on any atom is 0.117 e. The van der Waals surface area contributed by atoms with Gasteiger partial charge in [0.2, 0.25) is 0 Å². The molecule has 0 radical (unpaired) electrons. The summed E-state index contributed by atoms with van der Waals surface area (Å²) in [4.78, 5) is 10.6. The number of hydrogen-bond acceptors (Lipinski definition) is 5. The fourth-order valence-electron chi connectivity index (χ4n) is 1.71. The zero-order chi connectivity index (χ0) is 12.8. The van der Waals surface area contributed by atoms with Crippen LogP contribution in [-0.4, -0.2) is 33.1 Å². The second-order valence-corrected chi connectivity index (χ2v) is 4.16. The predicted octanol–water partition coefficient (Wildman–Crippen LogP) is 1.37. The average Bonchev–Trinajstić information content (AvgIpc) is 2.85. The lowest BCUT2D eigenvalue weighted by Crippen LogP contribution is -2.26. The zero-order valence-electron chi connectivity index (χ0n) is 10.4. The first-order valence-corrected chi connectivity index (χ1v) is 5.91. The second kappa shape index (κ2) is 6.28. The van der Waals surface area contributed by atoms with Gasteiger partial charge in [-0.05, 0) is 19.1 Å². The van der Waals surface area contributed by atoms with Crippen molar-refractivity contribution in [2.45, 2.75) is 20.0 Å². The quantitative estimate of drug-likeness (QED) is 0.835. The highest BCUT2D eigenvalue weighted by Crippen LogP contribution is 2.08. The van der Waals surface area contributed by atoms with Gasteiger partial charge < -0.3 is 9.52 Å². The second-order valence-electron chi connectivity index (χ2n) is 4.16. The molecule has 1 N–H and O–H groups in total. The molecule has 0 aromatic carbocycles. The molecule has 2 rings (SSSR count).